The fraction of sp³-hybridized carbons (Fsp3) is 0.684. The van der Waals surface area contributed by atoms with E-state index in [1.54, 1.807) is 14.2 Å². The van der Waals surface area contributed by atoms with Crippen LogP contribution in [0, 0.1) is 5.92 Å². The zero-order valence-electron chi connectivity index (χ0n) is 14.7. The van der Waals surface area contributed by atoms with Gasteiger partial charge in [-0.25, -0.2) is 0 Å². The number of benzene rings is 1. The average molecular weight is 321 g/mol. The van der Waals surface area contributed by atoms with Crippen molar-refractivity contribution in [2.45, 2.75) is 57.6 Å². The molecule has 2 N–H and O–H groups in total. The van der Waals surface area contributed by atoms with Crippen molar-refractivity contribution in [1.82, 2.24) is 5.32 Å². The van der Waals surface area contributed by atoms with E-state index < -0.39 is 0 Å². The Morgan fingerprint density at radius 1 is 1.22 bits per heavy atom. The molecule has 1 aromatic rings. The van der Waals surface area contributed by atoms with Crippen LogP contribution in [0.5, 0.6) is 11.5 Å². The first kappa shape index (κ1) is 18.1. The van der Waals surface area contributed by atoms with Crippen LogP contribution in [0.15, 0.2) is 18.2 Å². The summed E-state index contributed by atoms with van der Waals surface area (Å²) in [4.78, 5) is 0. The molecule has 3 unspecified atom stereocenters. The molecule has 0 radical (unpaired) electrons. The minimum absolute atomic E-state index is 0.0807. The van der Waals surface area contributed by atoms with E-state index in [9.17, 15) is 5.11 Å². The summed E-state index contributed by atoms with van der Waals surface area (Å²) in [6, 6.07) is 6.17. The second kappa shape index (κ2) is 9.14. The van der Waals surface area contributed by atoms with E-state index in [0.29, 0.717) is 5.92 Å². The summed E-state index contributed by atoms with van der Waals surface area (Å²) in [6.45, 7) is 3.11. The number of aliphatic hydroxyl groups is 1. The van der Waals surface area contributed by atoms with Crippen molar-refractivity contribution in [3.05, 3.63) is 23.8 Å². The maximum absolute atomic E-state index is 10.0. The first-order valence-corrected chi connectivity index (χ1v) is 8.79. The highest BCUT2D eigenvalue weighted by molar-refractivity contribution is 5.42. The van der Waals surface area contributed by atoms with Gasteiger partial charge in [-0.05, 0) is 51.1 Å². The summed E-state index contributed by atoms with van der Waals surface area (Å²) < 4.78 is 10.7. The summed E-state index contributed by atoms with van der Waals surface area (Å²) in [5.74, 6) is 2.16. The lowest BCUT2D eigenvalue weighted by atomic mass is 9.83. The van der Waals surface area contributed by atoms with Gasteiger partial charge < -0.3 is 19.9 Å². The predicted octanol–water partition coefficient (Wildman–Crippen LogP) is 3.69. The van der Waals surface area contributed by atoms with Crippen LogP contribution in [-0.2, 0) is 0 Å². The summed E-state index contributed by atoms with van der Waals surface area (Å²) in [5.41, 5.74) is 1.14. The highest BCUT2D eigenvalue weighted by atomic mass is 16.5. The fourth-order valence-electron chi connectivity index (χ4n) is 3.49. The average Bonchev–Trinajstić information content (AvgIpc) is 2.59. The molecule has 0 amide bonds. The molecule has 1 fully saturated rings. The van der Waals surface area contributed by atoms with Gasteiger partial charge in [0.05, 0.1) is 20.3 Å². The first-order valence-electron chi connectivity index (χ1n) is 8.79. The van der Waals surface area contributed by atoms with Crippen molar-refractivity contribution in [3.8, 4) is 11.5 Å². The maximum Gasteiger partial charge on any atom is 0.127 e. The number of hydrogen-bond donors (Lipinski definition) is 2. The Bertz CT molecular complexity index is 478. The molecule has 0 heterocycles. The fourth-order valence-corrected chi connectivity index (χ4v) is 3.49. The van der Waals surface area contributed by atoms with Gasteiger partial charge in [-0.3, -0.25) is 0 Å². The van der Waals surface area contributed by atoms with Crippen molar-refractivity contribution < 1.29 is 14.6 Å². The highest BCUT2D eigenvalue weighted by Crippen LogP contribution is 2.30. The highest BCUT2D eigenvalue weighted by Gasteiger charge is 2.22. The molecule has 0 saturated heterocycles. The number of aliphatic hydroxyl groups excluding tert-OH is 1. The van der Waals surface area contributed by atoms with Gasteiger partial charge in [-0.2, -0.15) is 0 Å². The summed E-state index contributed by atoms with van der Waals surface area (Å²) in [5, 5.41) is 13.6. The Hall–Kier alpha value is -1.26. The summed E-state index contributed by atoms with van der Waals surface area (Å²) in [7, 11) is 3.35. The first-order chi connectivity index (χ1) is 11.2. The molecule has 1 aromatic carbocycles. The van der Waals surface area contributed by atoms with Gasteiger partial charge in [0.25, 0.3) is 0 Å². The van der Waals surface area contributed by atoms with Crippen LogP contribution in [-0.4, -0.2) is 32.0 Å². The second-order valence-electron chi connectivity index (χ2n) is 6.54. The number of nitrogens with one attached hydrogen (secondary N) is 1. The van der Waals surface area contributed by atoms with Gasteiger partial charge >= 0.3 is 0 Å². The number of hydrogen-bond acceptors (Lipinski definition) is 4. The number of rotatable bonds is 8. The third-order valence-electron chi connectivity index (χ3n) is 4.98. The Balaban J connectivity index is 1.79. The van der Waals surface area contributed by atoms with Gasteiger partial charge in [0.1, 0.15) is 11.5 Å². The molecule has 0 bridgehead atoms. The smallest absolute Gasteiger partial charge is 0.127 e. The zero-order valence-corrected chi connectivity index (χ0v) is 14.7. The molecule has 3 atom stereocenters. The predicted molar refractivity (Wildman–Crippen MR) is 93.2 cm³/mol. The third kappa shape index (κ3) is 5.11. The number of methoxy groups -OCH3 is 2. The molecule has 130 valence electrons. The van der Waals surface area contributed by atoms with E-state index in [2.05, 4.69) is 18.3 Å². The number of ether oxygens (including phenoxy) is 2. The molecule has 4 heteroatoms. The Kier molecular flexibility index (Phi) is 7.18. The molecule has 1 aliphatic rings. The van der Waals surface area contributed by atoms with E-state index in [0.717, 1.165) is 42.9 Å². The summed E-state index contributed by atoms with van der Waals surface area (Å²) in [6.07, 6.45) is 6.76. The lowest BCUT2D eigenvalue weighted by Gasteiger charge is -2.27. The van der Waals surface area contributed by atoms with Crippen LogP contribution < -0.4 is 14.8 Å². The Morgan fingerprint density at radius 3 is 2.70 bits per heavy atom. The zero-order chi connectivity index (χ0) is 16.7. The minimum atomic E-state index is -0.0807. The van der Waals surface area contributed by atoms with Crippen molar-refractivity contribution >= 4 is 0 Å². The summed E-state index contributed by atoms with van der Waals surface area (Å²) >= 11 is 0. The van der Waals surface area contributed by atoms with Crippen LogP contribution in [0.4, 0.5) is 0 Å². The maximum atomic E-state index is 10.0. The quantitative estimate of drug-likeness (QED) is 0.717. The molecule has 0 spiro atoms. The van der Waals surface area contributed by atoms with Crippen molar-refractivity contribution in [3.63, 3.8) is 0 Å². The standard InChI is InChI=1S/C19H31NO3/c1-14(17-11-10-16(22-2)13-19(17)23-3)20-12-6-8-15-7-4-5-9-18(15)21/h10-11,13-15,18,20-21H,4-9,12H2,1-3H3. The van der Waals surface area contributed by atoms with Crippen LogP contribution in [0.25, 0.3) is 0 Å². The molecular formula is C19H31NO3. The van der Waals surface area contributed by atoms with Crippen LogP contribution in [0.2, 0.25) is 0 Å². The van der Waals surface area contributed by atoms with E-state index in [1.165, 1.54) is 19.3 Å². The molecule has 0 aliphatic heterocycles. The van der Waals surface area contributed by atoms with Gasteiger partial charge in [0, 0.05) is 17.7 Å². The van der Waals surface area contributed by atoms with E-state index in [-0.39, 0.29) is 12.1 Å². The molecule has 0 aromatic heterocycles. The topological polar surface area (TPSA) is 50.7 Å². The van der Waals surface area contributed by atoms with Crippen LogP contribution in [0.3, 0.4) is 0 Å². The van der Waals surface area contributed by atoms with Crippen molar-refractivity contribution in [2.24, 2.45) is 5.92 Å². The van der Waals surface area contributed by atoms with Crippen LogP contribution >= 0.6 is 0 Å². The van der Waals surface area contributed by atoms with Gasteiger partial charge in [-0.15, -0.1) is 0 Å². The van der Waals surface area contributed by atoms with Crippen molar-refractivity contribution in [2.75, 3.05) is 20.8 Å². The van der Waals surface area contributed by atoms with E-state index in [4.69, 9.17) is 9.47 Å². The minimum Gasteiger partial charge on any atom is -0.497 e. The van der Waals surface area contributed by atoms with E-state index in [1.807, 2.05) is 12.1 Å². The monoisotopic (exact) mass is 321 g/mol. The van der Waals surface area contributed by atoms with Crippen molar-refractivity contribution in [1.29, 1.82) is 0 Å². The molecule has 23 heavy (non-hydrogen) atoms. The largest absolute Gasteiger partial charge is 0.497 e. The molecular weight excluding hydrogens is 290 g/mol. The third-order valence-corrected chi connectivity index (χ3v) is 4.98. The lowest BCUT2D eigenvalue weighted by molar-refractivity contribution is 0.0642. The molecule has 1 aliphatic carbocycles. The second-order valence-corrected chi connectivity index (χ2v) is 6.54. The van der Waals surface area contributed by atoms with Gasteiger partial charge in [0.2, 0.25) is 0 Å². The normalized spacial score (nSPS) is 22.6. The van der Waals surface area contributed by atoms with Crippen LogP contribution in [0.1, 0.15) is 57.1 Å². The van der Waals surface area contributed by atoms with E-state index >= 15 is 0 Å². The van der Waals surface area contributed by atoms with Gasteiger partial charge in [0.15, 0.2) is 0 Å². The van der Waals surface area contributed by atoms with Gasteiger partial charge in [-0.1, -0.05) is 18.9 Å². The lowest BCUT2D eigenvalue weighted by Crippen LogP contribution is -2.26. The SMILES string of the molecule is COc1ccc(C(C)NCCCC2CCCCC2O)c(OC)c1. The molecule has 4 nitrogen and oxygen atoms in total. The Labute approximate surface area is 140 Å². The molecule has 2 rings (SSSR count). The molecule has 1 saturated carbocycles. The Morgan fingerprint density at radius 2 is 2.00 bits per heavy atom.